The lowest BCUT2D eigenvalue weighted by atomic mass is 9.94. The van der Waals surface area contributed by atoms with Crippen molar-refractivity contribution in [3.05, 3.63) is 77.0 Å². The zero-order valence-corrected chi connectivity index (χ0v) is 18.7. The summed E-state index contributed by atoms with van der Waals surface area (Å²) in [6.07, 6.45) is 5.80. The summed E-state index contributed by atoms with van der Waals surface area (Å²) in [5.41, 5.74) is 6.17. The van der Waals surface area contributed by atoms with Gasteiger partial charge in [0.1, 0.15) is 0 Å². The third-order valence-corrected chi connectivity index (χ3v) is 7.07. The van der Waals surface area contributed by atoms with E-state index in [2.05, 4.69) is 30.3 Å². The van der Waals surface area contributed by atoms with Crippen LogP contribution < -0.4 is 0 Å². The van der Waals surface area contributed by atoms with Crippen molar-refractivity contribution >= 4 is 28.5 Å². The Morgan fingerprint density at radius 3 is 2.64 bits per heavy atom. The van der Waals surface area contributed by atoms with Gasteiger partial charge in [0.2, 0.25) is 0 Å². The minimum atomic E-state index is -0.180. The first-order chi connectivity index (χ1) is 16.3. The average molecular weight is 441 g/mol. The smallest absolute Gasteiger partial charge is 0.254 e. The van der Waals surface area contributed by atoms with E-state index in [1.807, 2.05) is 35.2 Å². The summed E-state index contributed by atoms with van der Waals surface area (Å²) < 4.78 is 11.5. The molecule has 2 aromatic carbocycles. The number of para-hydroxylation sites is 1. The van der Waals surface area contributed by atoms with Gasteiger partial charge in [0.25, 0.3) is 5.91 Å². The van der Waals surface area contributed by atoms with Crippen LogP contribution in [0, 0.1) is 5.92 Å². The van der Waals surface area contributed by atoms with Crippen molar-refractivity contribution < 1.29 is 14.3 Å². The summed E-state index contributed by atoms with van der Waals surface area (Å²) in [6, 6.07) is 18.4. The maximum atomic E-state index is 14.0. The van der Waals surface area contributed by atoms with Gasteiger partial charge in [-0.2, -0.15) is 0 Å². The maximum absolute atomic E-state index is 14.0. The zero-order chi connectivity index (χ0) is 22.2. The molecule has 3 aliphatic rings. The monoisotopic (exact) mass is 440 g/mol. The second-order valence-corrected chi connectivity index (χ2v) is 9.17. The van der Waals surface area contributed by atoms with Gasteiger partial charge < -0.3 is 14.4 Å². The van der Waals surface area contributed by atoms with Gasteiger partial charge >= 0.3 is 0 Å². The number of aromatic nitrogens is 1. The molecular weight excluding hydrogens is 412 g/mol. The molecule has 0 radical (unpaired) electrons. The van der Waals surface area contributed by atoms with E-state index in [0.717, 1.165) is 60.0 Å². The fourth-order valence-electron chi connectivity index (χ4n) is 5.50. The lowest BCUT2D eigenvalue weighted by Gasteiger charge is -2.35. The molecule has 1 unspecified atom stereocenters. The Morgan fingerprint density at radius 2 is 1.79 bits per heavy atom. The van der Waals surface area contributed by atoms with Crippen molar-refractivity contribution in [2.75, 3.05) is 26.3 Å². The molecule has 0 bridgehead atoms. The molecule has 1 atom stereocenters. The highest BCUT2D eigenvalue weighted by Crippen LogP contribution is 2.38. The molecule has 6 rings (SSSR count). The molecular formula is C28H28N2O3. The van der Waals surface area contributed by atoms with Gasteiger partial charge in [-0.1, -0.05) is 48.5 Å². The van der Waals surface area contributed by atoms with Gasteiger partial charge in [0, 0.05) is 24.4 Å². The second kappa shape index (κ2) is 8.73. The molecule has 5 heteroatoms. The van der Waals surface area contributed by atoms with Crippen LogP contribution in [0.1, 0.15) is 46.4 Å². The largest absolute Gasteiger partial charge is 0.350 e. The van der Waals surface area contributed by atoms with Crippen LogP contribution in [0.25, 0.3) is 22.6 Å². The van der Waals surface area contributed by atoms with Crippen LogP contribution in [0.5, 0.6) is 0 Å². The molecule has 0 spiro atoms. The lowest BCUT2D eigenvalue weighted by molar-refractivity contribution is -0.0969. The summed E-state index contributed by atoms with van der Waals surface area (Å²) in [7, 11) is 0. The highest BCUT2D eigenvalue weighted by atomic mass is 16.7. The number of ether oxygens (including phenoxy) is 2. The van der Waals surface area contributed by atoms with Crippen LogP contribution in [0.2, 0.25) is 0 Å². The number of piperidine rings is 1. The lowest BCUT2D eigenvalue weighted by Crippen LogP contribution is -2.44. The molecule has 2 saturated heterocycles. The summed E-state index contributed by atoms with van der Waals surface area (Å²) in [5.74, 6) is 0.355. The molecule has 3 heterocycles. The SMILES string of the molecule is O=C(c1c2c(nc3ccccc13)/C(=C\c1ccccc1)CC2)N1CCCC(C2OCCO2)C1. The number of pyridine rings is 1. The minimum Gasteiger partial charge on any atom is -0.350 e. The molecule has 1 aliphatic carbocycles. The van der Waals surface area contributed by atoms with Gasteiger partial charge in [-0.3, -0.25) is 4.79 Å². The first-order valence-corrected chi connectivity index (χ1v) is 12.0. The molecule has 2 fully saturated rings. The Kier molecular flexibility index (Phi) is 5.44. The number of rotatable bonds is 3. The Morgan fingerprint density at radius 1 is 1.00 bits per heavy atom. The number of nitrogens with zero attached hydrogens (tertiary/aromatic N) is 2. The van der Waals surface area contributed by atoms with E-state index in [0.29, 0.717) is 19.8 Å². The van der Waals surface area contributed by atoms with Crippen LogP contribution in [-0.4, -0.2) is 48.4 Å². The van der Waals surface area contributed by atoms with Crippen LogP contribution >= 0.6 is 0 Å². The van der Waals surface area contributed by atoms with E-state index in [9.17, 15) is 4.79 Å². The van der Waals surface area contributed by atoms with Crippen molar-refractivity contribution in [3.63, 3.8) is 0 Å². The molecule has 3 aromatic rings. The molecule has 2 aliphatic heterocycles. The molecule has 5 nitrogen and oxygen atoms in total. The van der Waals surface area contributed by atoms with Gasteiger partial charge in [0.15, 0.2) is 6.29 Å². The molecule has 168 valence electrons. The molecule has 1 aromatic heterocycles. The number of amides is 1. The molecule has 0 saturated carbocycles. The van der Waals surface area contributed by atoms with Gasteiger partial charge in [-0.05, 0) is 54.5 Å². The number of hydrogen-bond acceptors (Lipinski definition) is 4. The number of carbonyl (C=O) groups is 1. The molecule has 0 N–H and O–H groups in total. The van der Waals surface area contributed by atoms with Crippen molar-refractivity contribution in [2.24, 2.45) is 5.92 Å². The van der Waals surface area contributed by atoms with Crippen molar-refractivity contribution in [1.82, 2.24) is 9.88 Å². The Bertz CT molecular complexity index is 1210. The highest BCUT2D eigenvalue weighted by Gasteiger charge is 2.35. The zero-order valence-electron chi connectivity index (χ0n) is 18.7. The Labute approximate surface area is 194 Å². The van der Waals surface area contributed by atoms with Crippen LogP contribution in [-0.2, 0) is 15.9 Å². The standard InChI is InChI=1S/C28H28N2O3/c31-27(30-14-6-9-21(18-30)28-32-15-16-33-28)25-22-10-4-5-11-24(22)29-26-20(12-13-23(25)26)17-19-7-2-1-3-8-19/h1-5,7-8,10-11,17,21,28H,6,9,12-16,18H2/b20-17-. The van der Waals surface area contributed by atoms with Gasteiger partial charge in [0.05, 0.1) is 30.0 Å². The molecule has 1 amide bonds. The van der Waals surface area contributed by atoms with E-state index in [-0.39, 0.29) is 18.1 Å². The van der Waals surface area contributed by atoms with Crippen LogP contribution in [0.3, 0.4) is 0 Å². The number of allylic oxidation sites excluding steroid dienone is 1. The summed E-state index contributed by atoms with van der Waals surface area (Å²) in [6.45, 7) is 2.75. The topological polar surface area (TPSA) is 51.7 Å². The normalized spacial score (nSPS) is 22.2. The Balaban J connectivity index is 1.40. The van der Waals surface area contributed by atoms with Crippen molar-refractivity contribution in [3.8, 4) is 0 Å². The number of hydrogen-bond donors (Lipinski definition) is 0. The fraction of sp³-hybridized carbons (Fsp3) is 0.357. The van der Waals surface area contributed by atoms with Crippen LogP contribution in [0.4, 0.5) is 0 Å². The third-order valence-electron chi connectivity index (χ3n) is 7.07. The fourth-order valence-corrected chi connectivity index (χ4v) is 5.50. The highest BCUT2D eigenvalue weighted by molar-refractivity contribution is 6.09. The number of likely N-dealkylation sites (tertiary alicyclic amines) is 1. The van der Waals surface area contributed by atoms with E-state index >= 15 is 0 Å². The van der Waals surface area contributed by atoms with E-state index in [1.165, 1.54) is 11.1 Å². The quantitative estimate of drug-likeness (QED) is 0.579. The summed E-state index contributed by atoms with van der Waals surface area (Å²) >= 11 is 0. The Hall–Kier alpha value is -3.02. The van der Waals surface area contributed by atoms with Crippen molar-refractivity contribution in [2.45, 2.75) is 32.0 Å². The minimum absolute atomic E-state index is 0.119. The number of benzene rings is 2. The third kappa shape index (κ3) is 3.85. The predicted octanol–water partition coefficient (Wildman–Crippen LogP) is 4.95. The van der Waals surface area contributed by atoms with E-state index < -0.39 is 0 Å². The summed E-state index contributed by atoms with van der Waals surface area (Å²) in [5, 5.41) is 0.956. The second-order valence-electron chi connectivity index (χ2n) is 9.17. The average Bonchev–Trinajstić information content (AvgIpc) is 3.54. The number of fused-ring (bicyclic) bond motifs is 2. The van der Waals surface area contributed by atoms with Gasteiger partial charge in [-0.25, -0.2) is 4.98 Å². The van der Waals surface area contributed by atoms with E-state index in [4.69, 9.17) is 14.5 Å². The van der Waals surface area contributed by atoms with Gasteiger partial charge in [-0.15, -0.1) is 0 Å². The molecule has 33 heavy (non-hydrogen) atoms. The summed E-state index contributed by atoms with van der Waals surface area (Å²) in [4.78, 5) is 21.0. The number of carbonyl (C=O) groups excluding carboxylic acids is 1. The predicted molar refractivity (Wildman–Crippen MR) is 129 cm³/mol. The van der Waals surface area contributed by atoms with Crippen LogP contribution in [0.15, 0.2) is 54.6 Å². The first-order valence-electron chi connectivity index (χ1n) is 12.0. The maximum Gasteiger partial charge on any atom is 0.254 e. The van der Waals surface area contributed by atoms with Crippen molar-refractivity contribution in [1.29, 1.82) is 0 Å². The first kappa shape index (κ1) is 20.6. The van der Waals surface area contributed by atoms with E-state index in [1.54, 1.807) is 0 Å².